The Balaban J connectivity index is 1.84. The second-order valence-electron chi connectivity index (χ2n) is 4.26. The van der Waals surface area contributed by atoms with Crippen molar-refractivity contribution in [1.82, 2.24) is 10.6 Å². The standard InChI is InChI=1S/C13H18N2OS/c1-14-13(16)9-17-12-4-2-3-10(7-12)8-15-11-5-6-11/h2-4,7,11,15H,5-6,8-9H2,1H3,(H,14,16). The molecule has 0 atom stereocenters. The van der Waals surface area contributed by atoms with E-state index in [4.69, 9.17) is 0 Å². The van der Waals surface area contributed by atoms with Gasteiger partial charge in [0.1, 0.15) is 0 Å². The van der Waals surface area contributed by atoms with Crippen molar-refractivity contribution in [3.8, 4) is 0 Å². The van der Waals surface area contributed by atoms with E-state index in [1.165, 1.54) is 18.4 Å². The molecule has 2 N–H and O–H groups in total. The van der Waals surface area contributed by atoms with Gasteiger partial charge in [-0.25, -0.2) is 0 Å². The lowest BCUT2D eigenvalue weighted by Crippen LogP contribution is -2.19. The molecule has 0 bridgehead atoms. The topological polar surface area (TPSA) is 41.1 Å². The van der Waals surface area contributed by atoms with E-state index < -0.39 is 0 Å². The summed E-state index contributed by atoms with van der Waals surface area (Å²) in [7, 11) is 1.67. The lowest BCUT2D eigenvalue weighted by atomic mass is 10.2. The van der Waals surface area contributed by atoms with Crippen LogP contribution in [0.2, 0.25) is 0 Å². The van der Waals surface area contributed by atoms with Gasteiger partial charge < -0.3 is 10.6 Å². The fourth-order valence-corrected chi connectivity index (χ4v) is 2.37. The van der Waals surface area contributed by atoms with E-state index in [1.54, 1.807) is 18.8 Å². The molecule has 1 aromatic rings. The molecule has 1 saturated carbocycles. The van der Waals surface area contributed by atoms with Gasteiger partial charge in [-0.05, 0) is 30.5 Å². The predicted molar refractivity (Wildman–Crippen MR) is 71.1 cm³/mol. The first-order valence-electron chi connectivity index (χ1n) is 5.93. The van der Waals surface area contributed by atoms with E-state index in [1.807, 2.05) is 6.07 Å². The maximum atomic E-state index is 11.1. The first-order valence-corrected chi connectivity index (χ1v) is 6.92. The summed E-state index contributed by atoms with van der Waals surface area (Å²) in [4.78, 5) is 12.3. The quantitative estimate of drug-likeness (QED) is 0.756. The van der Waals surface area contributed by atoms with Crippen LogP contribution in [0.1, 0.15) is 18.4 Å². The van der Waals surface area contributed by atoms with Gasteiger partial charge in [0.05, 0.1) is 5.75 Å². The van der Waals surface area contributed by atoms with Crippen LogP contribution < -0.4 is 10.6 Å². The largest absolute Gasteiger partial charge is 0.358 e. The molecule has 17 heavy (non-hydrogen) atoms. The first kappa shape index (κ1) is 12.5. The monoisotopic (exact) mass is 250 g/mol. The number of nitrogens with one attached hydrogen (secondary N) is 2. The SMILES string of the molecule is CNC(=O)CSc1cccc(CNC2CC2)c1. The fourth-order valence-electron chi connectivity index (χ4n) is 1.52. The van der Waals surface area contributed by atoms with Crippen LogP contribution in [0.25, 0.3) is 0 Å². The second kappa shape index (κ2) is 6.07. The van der Waals surface area contributed by atoms with Crippen molar-refractivity contribution < 1.29 is 4.79 Å². The fraction of sp³-hybridized carbons (Fsp3) is 0.462. The highest BCUT2D eigenvalue weighted by atomic mass is 32.2. The van der Waals surface area contributed by atoms with E-state index in [0.29, 0.717) is 5.75 Å². The van der Waals surface area contributed by atoms with E-state index in [0.717, 1.165) is 17.5 Å². The van der Waals surface area contributed by atoms with Crippen LogP contribution in [0, 0.1) is 0 Å². The molecule has 1 aliphatic carbocycles. The number of amides is 1. The summed E-state index contributed by atoms with van der Waals surface area (Å²) in [5.41, 5.74) is 1.29. The number of carbonyl (C=O) groups excluding carboxylic acids is 1. The van der Waals surface area contributed by atoms with Crippen LogP contribution in [0.4, 0.5) is 0 Å². The Labute approximate surface area is 106 Å². The molecule has 1 aromatic carbocycles. The highest BCUT2D eigenvalue weighted by molar-refractivity contribution is 8.00. The number of benzene rings is 1. The third-order valence-electron chi connectivity index (χ3n) is 2.72. The Bertz CT molecular complexity index is 391. The highest BCUT2D eigenvalue weighted by Gasteiger charge is 2.19. The normalized spacial score (nSPS) is 14.6. The van der Waals surface area contributed by atoms with Gasteiger partial charge in [0.25, 0.3) is 0 Å². The molecular formula is C13H18N2OS. The molecular weight excluding hydrogens is 232 g/mol. The van der Waals surface area contributed by atoms with Crippen LogP contribution in [-0.4, -0.2) is 24.7 Å². The van der Waals surface area contributed by atoms with Crippen LogP contribution in [0.15, 0.2) is 29.2 Å². The molecule has 92 valence electrons. The molecule has 1 fully saturated rings. The zero-order valence-corrected chi connectivity index (χ0v) is 10.8. The molecule has 0 spiro atoms. The molecule has 2 rings (SSSR count). The zero-order valence-electron chi connectivity index (χ0n) is 10.0. The number of carbonyl (C=O) groups is 1. The predicted octanol–water partition coefficient (Wildman–Crippen LogP) is 1.78. The van der Waals surface area contributed by atoms with Crippen LogP contribution in [-0.2, 0) is 11.3 Å². The Kier molecular flexibility index (Phi) is 4.45. The average Bonchev–Trinajstić information content (AvgIpc) is 3.18. The van der Waals surface area contributed by atoms with Crippen molar-refractivity contribution in [1.29, 1.82) is 0 Å². The van der Waals surface area contributed by atoms with Crippen molar-refractivity contribution in [2.24, 2.45) is 0 Å². The summed E-state index contributed by atoms with van der Waals surface area (Å²) in [5, 5.41) is 6.11. The maximum Gasteiger partial charge on any atom is 0.230 e. The van der Waals surface area contributed by atoms with Gasteiger partial charge in [-0.2, -0.15) is 0 Å². The van der Waals surface area contributed by atoms with Gasteiger partial charge in [-0.15, -0.1) is 11.8 Å². The van der Waals surface area contributed by atoms with Crippen molar-refractivity contribution in [2.75, 3.05) is 12.8 Å². The summed E-state index contributed by atoms with van der Waals surface area (Å²) in [6, 6.07) is 9.12. The van der Waals surface area contributed by atoms with Crippen LogP contribution in [0.5, 0.6) is 0 Å². The summed E-state index contributed by atoms with van der Waals surface area (Å²) >= 11 is 1.58. The minimum Gasteiger partial charge on any atom is -0.358 e. The summed E-state index contributed by atoms with van der Waals surface area (Å²) < 4.78 is 0. The zero-order chi connectivity index (χ0) is 12.1. The Morgan fingerprint density at radius 2 is 2.29 bits per heavy atom. The van der Waals surface area contributed by atoms with Crippen molar-refractivity contribution in [3.05, 3.63) is 29.8 Å². The summed E-state index contributed by atoms with van der Waals surface area (Å²) in [5.74, 6) is 0.548. The van der Waals surface area contributed by atoms with Gasteiger partial charge >= 0.3 is 0 Å². The molecule has 0 heterocycles. The van der Waals surface area contributed by atoms with Crippen molar-refractivity contribution in [2.45, 2.75) is 30.3 Å². The number of rotatable bonds is 6. The smallest absolute Gasteiger partial charge is 0.230 e. The second-order valence-corrected chi connectivity index (χ2v) is 5.31. The molecule has 4 heteroatoms. The third-order valence-corrected chi connectivity index (χ3v) is 3.71. The minimum atomic E-state index is 0.0662. The number of hydrogen-bond donors (Lipinski definition) is 2. The van der Waals surface area contributed by atoms with E-state index >= 15 is 0 Å². The van der Waals surface area contributed by atoms with Gasteiger partial charge in [0, 0.05) is 24.5 Å². The molecule has 1 amide bonds. The van der Waals surface area contributed by atoms with Crippen molar-refractivity contribution >= 4 is 17.7 Å². The van der Waals surface area contributed by atoms with Gasteiger partial charge in [0.15, 0.2) is 0 Å². The summed E-state index contributed by atoms with van der Waals surface area (Å²) in [6.07, 6.45) is 2.62. The Morgan fingerprint density at radius 3 is 3.00 bits per heavy atom. The lowest BCUT2D eigenvalue weighted by molar-refractivity contribution is -0.118. The highest BCUT2D eigenvalue weighted by Crippen LogP contribution is 2.21. The van der Waals surface area contributed by atoms with Crippen LogP contribution >= 0.6 is 11.8 Å². The van der Waals surface area contributed by atoms with Gasteiger partial charge in [0.2, 0.25) is 5.91 Å². The first-order chi connectivity index (χ1) is 8.28. The average molecular weight is 250 g/mol. The number of hydrogen-bond acceptors (Lipinski definition) is 3. The van der Waals surface area contributed by atoms with E-state index in [9.17, 15) is 4.79 Å². The minimum absolute atomic E-state index is 0.0662. The molecule has 3 nitrogen and oxygen atoms in total. The Morgan fingerprint density at radius 1 is 1.47 bits per heavy atom. The third kappa shape index (κ3) is 4.40. The van der Waals surface area contributed by atoms with Crippen molar-refractivity contribution in [3.63, 3.8) is 0 Å². The summed E-state index contributed by atoms with van der Waals surface area (Å²) in [6.45, 7) is 0.930. The lowest BCUT2D eigenvalue weighted by Gasteiger charge is -2.06. The molecule has 0 aliphatic heterocycles. The molecule has 0 aromatic heterocycles. The molecule has 0 unspecified atom stereocenters. The Hall–Kier alpha value is -1.00. The van der Waals surface area contributed by atoms with E-state index in [-0.39, 0.29) is 5.91 Å². The van der Waals surface area contributed by atoms with Crippen LogP contribution in [0.3, 0.4) is 0 Å². The molecule has 1 aliphatic rings. The van der Waals surface area contributed by atoms with Gasteiger partial charge in [-0.3, -0.25) is 4.79 Å². The molecule has 0 radical (unpaired) electrons. The van der Waals surface area contributed by atoms with E-state index in [2.05, 4.69) is 28.8 Å². The number of thioether (sulfide) groups is 1. The maximum absolute atomic E-state index is 11.1. The molecule has 0 saturated heterocycles. The van der Waals surface area contributed by atoms with Gasteiger partial charge in [-0.1, -0.05) is 12.1 Å².